The molecule has 6 nitrogen and oxygen atoms in total. The van der Waals surface area contributed by atoms with Gasteiger partial charge in [0.25, 0.3) is 0 Å². The van der Waals surface area contributed by atoms with Gasteiger partial charge in [0.1, 0.15) is 0 Å². The summed E-state index contributed by atoms with van der Waals surface area (Å²) < 4.78 is 0. The Bertz CT molecular complexity index is 563. The van der Waals surface area contributed by atoms with Crippen LogP contribution in [0.15, 0.2) is 30.3 Å². The van der Waals surface area contributed by atoms with Crippen LogP contribution in [0.25, 0.3) is 0 Å². The van der Waals surface area contributed by atoms with Crippen molar-refractivity contribution in [2.75, 3.05) is 33.2 Å². The van der Waals surface area contributed by atoms with E-state index in [1.807, 2.05) is 35.2 Å². The number of rotatable bonds is 6. The van der Waals surface area contributed by atoms with Gasteiger partial charge in [-0.1, -0.05) is 37.3 Å². The summed E-state index contributed by atoms with van der Waals surface area (Å²) in [6.45, 7) is 5.07. The molecule has 3 N–H and O–H groups in total. The Morgan fingerprint density at radius 1 is 1.33 bits per heavy atom. The molecule has 1 aliphatic rings. The molecule has 24 heavy (non-hydrogen) atoms. The smallest absolute Gasteiger partial charge is 0.317 e. The third-order valence-electron chi connectivity index (χ3n) is 4.63. The summed E-state index contributed by atoms with van der Waals surface area (Å²) in [4.78, 5) is 27.8. The first-order valence-electron chi connectivity index (χ1n) is 8.44. The predicted molar refractivity (Wildman–Crippen MR) is 94.3 cm³/mol. The van der Waals surface area contributed by atoms with Gasteiger partial charge in [0.15, 0.2) is 0 Å². The van der Waals surface area contributed by atoms with Crippen LogP contribution < -0.4 is 11.1 Å². The van der Waals surface area contributed by atoms with Crippen molar-refractivity contribution in [3.05, 3.63) is 35.9 Å². The standard InChI is InChI=1S/C18H28N4O2/c1-18(13-19)9-11-22(14-18)16(23)8-10-20-17(24)21(2)12-15-6-4-3-5-7-15/h3-7H,8-14,19H2,1-2H3,(H,20,24). The predicted octanol–water partition coefficient (Wildman–Crippen LogP) is 1.42. The van der Waals surface area contributed by atoms with Gasteiger partial charge in [0.2, 0.25) is 5.91 Å². The van der Waals surface area contributed by atoms with E-state index >= 15 is 0 Å². The van der Waals surface area contributed by atoms with Gasteiger partial charge in [0, 0.05) is 39.6 Å². The number of urea groups is 1. The number of nitrogens with zero attached hydrogens (tertiary/aromatic N) is 2. The molecular formula is C18H28N4O2. The molecule has 1 aromatic rings. The quantitative estimate of drug-likeness (QED) is 0.827. The maximum absolute atomic E-state index is 12.2. The van der Waals surface area contributed by atoms with Crippen LogP contribution in [0.5, 0.6) is 0 Å². The lowest BCUT2D eigenvalue weighted by Gasteiger charge is -2.23. The minimum absolute atomic E-state index is 0.0365. The number of benzene rings is 1. The molecule has 2 rings (SSSR count). The Morgan fingerprint density at radius 2 is 2.04 bits per heavy atom. The van der Waals surface area contributed by atoms with Crippen LogP contribution in [0.2, 0.25) is 0 Å². The fraction of sp³-hybridized carbons (Fsp3) is 0.556. The van der Waals surface area contributed by atoms with Crippen LogP contribution in [-0.2, 0) is 11.3 Å². The fourth-order valence-corrected chi connectivity index (χ4v) is 2.90. The average Bonchev–Trinajstić information content (AvgIpc) is 2.99. The van der Waals surface area contributed by atoms with Crippen LogP contribution in [0.3, 0.4) is 0 Å². The highest BCUT2D eigenvalue weighted by Crippen LogP contribution is 2.28. The summed E-state index contributed by atoms with van der Waals surface area (Å²) in [5, 5.41) is 2.81. The Hall–Kier alpha value is -2.08. The maximum atomic E-state index is 12.2. The Kier molecular flexibility index (Phi) is 6.20. The third kappa shape index (κ3) is 4.96. The van der Waals surface area contributed by atoms with Gasteiger partial charge in [-0.3, -0.25) is 4.79 Å². The summed E-state index contributed by atoms with van der Waals surface area (Å²) in [6.07, 6.45) is 1.27. The van der Waals surface area contributed by atoms with Crippen molar-refractivity contribution in [1.82, 2.24) is 15.1 Å². The van der Waals surface area contributed by atoms with E-state index < -0.39 is 0 Å². The highest BCUT2D eigenvalue weighted by atomic mass is 16.2. The van der Waals surface area contributed by atoms with Gasteiger partial charge >= 0.3 is 6.03 Å². The molecule has 132 valence electrons. The lowest BCUT2D eigenvalue weighted by atomic mass is 9.90. The minimum Gasteiger partial charge on any atom is -0.342 e. The molecule has 1 unspecified atom stereocenters. The first-order valence-corrected chi connectivity index (χ1v) is 8.44. The molecule has 3 amide bonds. The summed E-state index contributed by atoms with van der Waals surface area (Å²) in [7, 11) is 1.75. The number of carbonyl (C=O) groups is 2. The van der Waals surface area contributed by atoms with Gasteiger partial charge in [0.05, 0.1) is 0 Å². The van der Waals surface area contributed by atoms with E-state index in [4.69, 9.17) is 5.73 Å². The SMILES string of the molecule is CN(Cc1ccccc1)C(=O)NCCC(=O)N1CCC(C)(CN)C1. The third-order valence-corrected chi connectivity index (χ3v) is 4.63. The van der Waals surface area contributed by atoms with E-state index in [1.54, 1.807) is 11.9 Å². The van der Waals surface area contributed by atoms with E-state index in [2.05, 4.69) is 12.2 Å². The van der Waals surface area contributed by atoms with Gasteiger partial charge in [-0.15, -0.1) is 0 Å². The Morgan fingerprint density at radius 3 is 2.67 bits per heavy atom. The number of nitrogens with one attached hydrogen (secondary N) is 1. The normalized spacial score (nSPS) is 20.0. The van der Waals surface area contributed by atoms with Crippen LogP contribution in [0.1, 0.15) is 25.3 Å². The molecule has 1 saturated heterocycles. The van der Waals surface area contributed by atoms with Crippen LogP contribution >= 0.6 is 0 Å². The van der Waals surface area contributed by atoms with E-state index in [0.29, 0.717) is 32.6 Å². The van der Waals surface area contributed by atoms with Crippen molar-refractivity contribution >= 4 is 11.9 Å². The average molecular weight is 332 g/mol. The lowest BCUT2D eigenvalue weighted by Crippen LogP contribution is -2.40. The zero-order chi connectivity index (χ0) is 17.6. The fourth-order valence-electron chi connectivity index (χ4n) is 2.90. The molecule has 0 spiro atoms. The Balaban J connectivity index is 1.70. The lowest BCUT2D eigenvalue weighted by molar-refractivity contribution is -0.130. The van der Waals surface area contributed by atoms with Crippen molar-refractivity contribution in [2.24, 2.45) is 11.1 Å². The zero-order valence-electron chi connectivity index (χ0n) is 14.6. The molecular weight excluding hydrogens is 304 g/mol. The van der Waals surface area contributed by atoms with Crippen molar-refractivity contribution in [3.8, 4) is 0 Å². The molecule has 1 aromatic carbocycles. The van der Waals surface area contributed by atoms with Crippen LogP contribution in [0.4, 0.5) is 4.79 Å². The molecule has 0 bridgehead atoms. The molecule has 6 heteroatoms. The van der Waals surface area contributed by atoms with Crippen molar-refractivity contribution in [2.45, 2.75) is 26.3 Å². The van der Waals surface area contributed by atoms with E-state index in [1.165, 1.54) is 0 Å². The van der Waals surface area contributed by atoms with Crippen LogP contribution in [-0.4, -0.2) is 55.0 Å². The number of likely N-dealkylation sites (tertiary alicyclic amines) is 1. The van der Waals surface area contributed by atoms with E-state index in [0.717, 1.165) is 18.5 Å². The summed E-state index contributed by atoms with van der Waals surface area (Å²) >= 11 is 0. The van der Waals surface area contributed by atoms with Crippen LogP contribution in [0, 0.1) is 5.41 Å². The first kappa shape index (κ1) is 18.3. The molecule has 0 saturated carbocycles. The van der Waals surface area contributed by atoms with Gasteiger partial charge in [-0.25, -0.2) is 4.79 Å². The summed E-state index contributed by atoms with van der Waals surface area (Å²) in [6, 6.07) is 9.64. The van der Waals surface area contributed by atoms with Gasteiger partial charge < -0.3 is 20.9 Å². The largest absolute Gasteiger partial charge is 0.342 e. The monoisotopic (exact) mass is 332 g/mol. The second-order valence-corrected chi connectivity index (χ2v) is 6.90. The molecule has 0 aliphatic carbocycles. The van der Waals surface area contributed by atoms with Gasteiger partial charge in [-0.2, -0.15) is 0 Å². The topological polar surface area (TPSA) is 78.7 Å². The second-order valence-electron chi connectivity index (χ2n) is 6.90. The van der Waals surface area contributed by atoms with Gasteiger partial charge in [-0.05, 0) is 23.9 Å². The number of nitrogens with two attached hydrogens (primary N) is 1. The first-order chi connectivity index (χ1) is 11.4. The second kappa shape index (κ2) is 8.15. The zero-order valence-corrected chi connectivity index (χ0v) is 14.6. The molecule has 0 aromatic heterocycles. The molecule has 1 heterocycles. The number of hydrogen-bond donors (Lipinski definition) is 2. The molecule has 1 atom stereocenters. The maximum Gasteiger partial charge on any atom is 0.317 e. The van der Waals surface area contributed by atoms with E-state index in [-0.39, 0.29) is 17.4 Å². The van der Waals surface area contributed by atoms with E-state index in [9.17, 15) is 9.59 Å². The number of amides is 3. The molecule has 0 radical (unpaired) electrons. The highest BCUT2D eigenvalue weighted by Gasteiger charge is 2.34. The number of carbonyl (C=O) groups excluding carboxylic acids is 2. The minimum atomic E-state index is -0.167. The molecule has 1 fully saturated rings. The van der Waals surface area contributed by atoms with Crippen molar-refractivity contribution in [3.63, 3.8) is 0 Å². The summed E-state index contributed by atoms with van der Waals surface area (Å²) in [5.74, 6) is 0.0817. The summed E-state index contributed by atoms with van der Waals surface area (Å²) in [5.41, 5.74) is 6.88. The number of hydrogen-bond acceptors (Lipinski definition) is 3. The highest BCUT2D eigenvalue weighted by molar-refractivity contribution is 5.78. The Labute approximate surface area is 144 Å². The van der Waals surface area contributed by atoms with Crippen molar-refractivity contribution in [1.29, 1.82) is 0 Å². The molecule has 1 aliphatic heterocycles. The van der Waals surface area contributed by atoms with Crippen molar-refractivity contribution < 1.29 is 9.59 Å².